The summed E-state index contributed by atoms with van der Waals surface area (Å²) in [5.74, 6) is 0.134. The first-order chi connectivity index (χ1) is 7.97. The molecule has 1 rings (SSSR count). The Bertz CT molecular complexity index is 446. The highest BCUT2D eigenvalue weighted by molar-refractivity contribution is 6.01. The highest BCUT2D eigenvalue weighted by Gasteiger charge is 2.25. The zero-order chi connectivity index (χ0) is 12.9. The van der Waals surface area contributed by atoms with Crippen LogP contribution < -0.4 is 0 Å². The lowest BCUT2D eigenvalue weighted by molar-refractivity contribution is 0.0885. The SMILES string of the molecule is CCC(C)=C=CC(C)(C)C(=O)c1ccccc1. The van der Waals surface area contributed by atoms with E-state index in [1.807, 2.05) is 57.2 Å². The highest BCUT2D eigenvalue weighted by atomic mass is 16.1. The van der Waals surface area contributed by atoms with Crippen molar-refractivity contribution in [2.75, 3.05) is 0 Å². The average Bonchev–Trinajstić information content (AvgIpc) is 2.36. The Balaban J connectivity index is 3.00. The Morgan fingerprint density at radius 3 is 2.41 bits per heavy atom. The first kappa shape index (κ1) is 13.5. The number of carbonyl (C=O) groups is 1. The molecule has 0 saturated carbocycles. The van der Waals surface area contributed by atoms with Gasteiger partial charge in [0.05, 0.1) is 5.41 Å². The molecular weight excluding hydrogens is 208 g/mol. The lowest BCUT2D eigenvalue weighted by Gasteiger charge is -2.17. The van der Waals surface area contributed by atoms with Crippen molar-refractivity contribution in [3.8, 4) is 0 Å². The van der Waals surface area contributed by atoms with Gasteiger partial charge in [-0.05, 0) is 38.8 Å². The molecule has 0 spiro atoms. The van der Waals surface area contributed by atoms with Crippen molar-refractivity contribution in [3.05, 3.63) is 53.3 Å². The van der Waals surface area contributed by atoms with Gasteiger partial charge in [-0.25, -0.2) is 0 Å². The summed E-state index contributed by atoms with van der Waals surface area (Å²) in [6.45, 7) is 7.97. The predicted octanol–water partition coefficient (Wildman–Crippen LogP) is 4.41. The fourth-order valence-electron chi connectivity index (χ4n) is 1.43. The summed E-state index contributed by atoms with van der Waals surface area (Å²) < 4.78 is 0. The molecule has 0 amide bonds. The second-order valence-electron chi connectivity index (χ2n) is 4.84. The van der Waals surface area contributed by atoms with E-state index in [0.29, 0.717) is 0 Å². The van der Waals surface area contributed by atoms with Crippen LogP contribution in [0.25, 0.3) is 0 Å². The Morgan fingerprint density at radius 2 is 1.88 bits per heavy atom. The maximum Gasteiger partial charge on any atom is 0.172 e. The fraction of sp³-hybridized carbons (Fsp3) is 0.375. The highest BCUT2D eigenvalue weighted by Crippen LogP contribution is 2.23. The maximum atomic E-state index is 12.3. The molecule has 0 aliphatic carbocycles. The predicted molar refractivity (Wildman–Crippen MR) is 72.1 cm³/mol. The van der Waals surface area contributed by atoms with Crippen molar-refractivity contribution >= 4 is 5.78 Å². The summed E-state index contributed by atoms with van der Waals surface area (Å²) in [5, 5.41) is 0. The summed E-state index contributed by atoms with van der Waals surface area (Å²) in [6, 6.07) is 9.41. The molecule has 1 nitrogen and oxygen atoms in total. The quantitative estimate of drug-likeness (QED) is 0.551. The van der Waals surface area contributed by atoms with Gasteiger partial charge >= 0.3 is 0 Å². The monoisotopic (exact) mass is 228 g/mol. The molecule has 17 heavy (non-hydrogen) atoms. The number of ketones is 1. The summed E-state index contributed by atoms with van der Waals surface area (Å²) in [7, 11) is 0. The molecule has 90 valence electrons. The van der Waals surface area contributed by atoms with Gasteiger partial charge in [-0.3, -0.25) is 4.79 Å². The largest absolute Gasteiger partial charge is 0.293 e. The van der Waals surface area contributed by atoms with Gasteiger partial charge < -0.3 is 0 Å². The smallest absolute Gasteiger partial charge is 0.172 e. The van der Waals surface area contributed by atoms with Gasteiger partial charge in [0, 0.05) is 5.56 Å². The van der Waals surface area contributed by atoms with Crippen molar-refractivity contribution in [2.45, 2.75) is 34.1 Å². The normalized spacial score (nSPS) is 10.6. The van der Waals surface area contributed by atoms with E-state index < -0.39 is 5.41 Å². The summed E-state index contributed by atoms with van der Waals surface area (Å²) >= 11 is 0. The standard InChI is InChI=1S/C16H20O/c1-5-13(2)11-12-16(3,4)15(17)14-9-7-6-8-10-14/h6-10,12H,5H2,1-4H3. The molecule has 0 aliphatic rings. The first-order valence-corrected chi connectivity index (χ1v) is 6.00. The number of Topliss-reactive ketones (excluding diaryl/α,β-unsaturated/α-hetero) is 1. The molecule has 1 heteroatoms. The van der Waals surface area contributed by atoms with E-state index in [2.05, 4.69) is 12.7 Å². The third-order valence-electron chi connectivity index (χ3n) is 2.83. The second kappa shape index (κ2) is 5.65. The van der Waals surface area contributed by atoms with E-state index in [4.69, 9.17) is 0 Å². The number of hydrogen-bond acceptors (Lipinski definition) is 1. The van der Waals surface area contributed by atoms with Crippen LogP contribution in [0.15, 0.2) is 47.7 Å². The summed E-state index contributed by atoms with van der Waals surface area (Å²) in [6.07, 6.45) is 2.84. The van der Waals surface area contributed by atoms with Gasteiger partial charge in [0.25, 0.3) is 0 Å². The molecule has 0 N–H and O–H groups in total. The number of rotatable bonds is 4. The van der Waals surface area contributed by atoms with Gasteiger partial charge in [0.2, 0.25) is 0 Å². The van der Waals surface area contributed by atoms with Gasteiger partial charge in [-0.2, -0.15) is 0 Å². The Labute approximate surface area is 104 Å². The summed E-state index contributed by atoms with van der Waals surface area (Å²) in [4.78, 5) is 12.3. The van der Waals surface area contributed by atoms with E-state index in [1.54, 1.807) is 0 Å². The third kappa shape index (κ3) is 3.72. The lowest BCUT2D eigenvalue weighted by Crippen LogP contribution is -2.21. The zero-order valence-electron chi connectivity index (χ0n) is 11.1. The van der Waals surface area contributed by atoms with E-state index in [-0.39, 0.29) is 5.78 Å². The van der Waals surface area contributed by atoms with Crippen LogP contribution in [0.5, 0.6) is 0 Å². The molecule has 1 aromatic rings. The third-order valence-corrected chi connectivity index (χ3v) is 2.83. The van der Waals surface area contributed by atoms with Crippen LogP contribution in [0.3, 0.4) is 0 Å². The number of benzene rings is 1. The van der Waals surface area contributed by atoms with E-state index in [9.17, 15) is 4.79 Å². The molecule has 0 aromatic heterocycles. The van der Waals surface area contributed by atoms with Crippen molar-refractivity contribution in [3.63, 3.8) is 0 Å². The molecule has 0 fully saturated rings. The van der Waals surface area contributed by atoms with E-state index in [1.165, 1.54) is 5.57 Å². The van der Waals surface area contributed by atoms with Crippen LogP contribution in [0.4, 0.5) is 0 Å². The Hall–Kier alpha value is -1.59. The molecule has 0 heterocycles. The molecular formula is C16H20O. The van der Waals surface area contributed by atoms with Crippen molar-refractivity contribution < 1.29 is 4.79 Å². The zero-order valence-corrected chi connectivity index (χ0v) is 11.1. The van der Waals surface area contributed by atoms with Gasteiger partial charge in [-0.1, -0.05) is 37.3 Å². The molecule has 1 aromatic carbocycles. The van der Waals surface area contributed by atoms with Crippen LogP contribution >= 0.6 is 0 Å². The maximum absolute atomic E-state index is 12.3. The second-order valence-corrected chi connectivity index (χ2v) is 4.84. The molecule has 0 aliphatic heterocycles. The van der Waals surface area contributed by atoms with E-state index in [0.717, 1.165) is 12.0 Å². The van der Waals surface area contributed by atoms with E-state index >= 15 is 0 Å². The van der Waals surface area contributed by atoms with Gasteiger partial charge in [0.1, 0.15) is 0 Å². The molecule has 0 saturated heterocycles. The van der Waals surface area contributed by atoms with Crippen LogP contribution in [-0.2, 0) is 0 Å². The topological polar surface area (TPSA) is 17.1 Å². The first-order valence-electron chi connectivity index (χ1n) is 6.00. The number of allylic oxidation sites excluding steroid dienone is 1. The summed E-state index contributed by atoms with van der Waals surface area (Å²) in [5.41, 5.74) is 4.61. The molecule has 0 unspecified atom stereocenters. The van der Waals surface area contributed by atoms with Crippen molar-refractivity contribution in [1.82, 2.24) is 0 Å². The average molecular weight is 228 g/mol. The van der Waals surface area contributed by atoms with Crippen LogP contribution in [0, 0.1) is 5.41 Å². The van der Waals surface area contributed by atoms with Crippen LogP contribution in [-0.4, -0.2) is 5.78 Å². The van der Waals surface area contributed by atoms with Crippen LogP contribution in [0.2, 0.25) is 0 Å². The number of carbonyl (C=O) groups excluding carboxylic acids is 1. The minimum atomic E-state index is -0.502. The Morgan fingerprint density at radius 1 is 1.29 bits per heavy atom. The Kier molecular flexibility index (Phi) is 4.48. The molecule has 0 atom stereocenters. The van der Waals surface area contributed by atoms with Crippen LogP contribution in [0.1, 0.15) is 44.5 Å². The lowest BCUT2D eigenvalue weighted by atomic mass is 9.84. The number of hydrogen-bond donors (Lipinski definition) is 0. The van der Waals surface area contributed by atoms with Crippen molar-refractivity contribution in [1.29, 1.82) is 0 Å². The van der Waals surface area contributed by atoms with Gasteiger partial charge in [0.15, 0.2) is 5.78 Å². The molecule has 0 radical (unpaired) electrons. The minimum absolute atomic E-state index is 0.134. The van der Waals surface area contributed by atoms with Gasteiger partial charge in [-0.15, -0.1) is 5.73 Å². The molecule has 0 bridgehead atoms. The van der Waals surface area contributed by atoms with Crippen molar-refractivity contribution in [2.24, 2.45) is 5.41 Å². The minimum Gasteiger partial charge on any atom is -0.293 e. The fourth-order valence-corrected chi connectivity index (χ4v) is 1.43.